The van der Waals surface area contributed by atoms with E-state index in [1.165, 1.54) is 11.1 Å². The first kappa shape index (κ1) is 45.3. The molecule has 0 amide bonds. The third-order valence-electron chi connectivity index (χ3n) is 10.6. The quantitative estimate of drug-likeness (QED) is 0.105. The summed E-state index contributed by atoms with van der Waals surface area (Å²) < 4.78 is 60.4. The van der Waals surface area contributed by atoms with Crippen LogP contribution in [0.4, 0.5) is 10.3 Å². The number of halogens is 2. The van der Waals surface area contributed by atoms with Crippen LogP contribution >= 0.6 is 54.5 Å². The third-order valence-corrected chi connectivity index (χ3v) is 17.6. The molecule has 4 aromatic carbocycles. The van der Waals surface area contributed by atoms with Gasteiger partial charge in [0.15, 0.2) is 10.3 Å². The lowest BCUT2D eigenvalue weighted by molar-refractivity contribution is 0.384. The van der Waals surface area contributed by atoms with E-state index < -0.39 is 20.0 Å². The second kappa shape index (κ2) is 20.7. The molecule has 61 heavy (non-hydrogen) atoms. The van der Waals surface area contributed by atoms with Gasteiger partial charge in [-0.2, -0.15) is 8.61 Å². The van der Waals surface area contributed by atoms with E-state index in [2.05, 4.69) is 83.6 Å². The average Bonchev–Trinajstić information content (AvgIpc) is 3.97. The maximum atomic E-state index is 13.0. The van der Waals surface area contributed by atoms with Crippen LogP contribution < -0.4 is 14.5 Å². The molecular formula is C44H48Br2N6O5S4. The number of methoxy groups -OCH3 is 1. The molecule has 2 aliphatic rings. The molecule has 0 bridgehead atoms. The van der Waals surface area contributed by atoms with Crippen LogP contribution in [0.25, 0.3) is 0 Å². The van der Waals surface area contributed by atoms with Gasteiger partial charge in [0.25, 0.3) is 0 Å². The molecule has 0 spiro atoms. The molecule has 2 saturated heterocycles. The zero-order chi connectivity index (χ0) is 43.0. The van der Waals surface area contributed by atoms with Crippen LogP contribution in [0.5, 0.6) is 5.75 Å². The van der Waals surface area contributed by atoms with Crippen molar-refractivity contribution in [2.75, 3.05) is 69.3 Å². The Morgan fingerprint density at radius 2 is 1.07 bits per heavy atom. The fraction of sp³-hybridized carbons (Fsp3) is 0.318. The van der Waals surface area contributed by atoms with Crippen molar-refractivity contribution in [3.05, 3.63) is 147 Å². The Bertz CT molecular complexity index is 2590. The predicted molar refractivity (Wildman–Crippen MR) is 254 cm³/mol. The first-order valence-corrected chi connectivity index (χ1v) is 26.7. The molecule has 11 nitrogen and oxygen atoms in total. The molecule has 0 unspecified atom stereocenters. The van der Waals surface area contributed by atoms with E-state index in [1.807, 2.05) is 48.5 Å². The van der Waals surface area contributed by atoms with E-state index in [-0.39, 0.29) is 0 Å². The minimum Gasteiger partial charge on any atom is -0.496 e. The lowest BCUT2D eigenvalue weighted by atomic mass is 10.1. The zero-order valence-corrected chi connectivity index (χ0v) is 40.4. The maximum absolute atomic E-state index is 13.0. The van der Waals surface area contributed by atoms with Crippen molar-refractivity contribution in [2.24, 2.45) is 0 Å². The average molecular weight is 1030 g/mol. The standard InChI is InChI=1S/C22H24BrN3O3S2.C22H24BrN3O2S2/c1-29-21-5-3-2-4-18(21)14-19-16-30-22(24-19)25-10-12-26(13-11-25)31(27,28)20-8-6-17(15-23)7-9-20;1-17-3-2-4-19(13-17)14-20-16-29-22(24-20)25-9-11-26(12-10-25)30(27,28)21-7-5-18(15-23)6-8-21/h2-9,16H,10-15H2,1H3;2-8,13,16H,9-12,14-15H2,1H3. The van der Waals surface area contributed by atoms with Gasteiger partial charge in [0.1, 0.15) is 5.75 Å². The smallest absolute Gasteiger partial charge is 0.243 e. The summed E-state index contributed by atoms with van der Waals surface area (Å²) in [6.07, 6.45) is 1.52. The van der Waals surface area contributed by atoms with Gasteiger partial charge in [0.2, 0.25) is 20.0 Å². The lowest BCUT2D eigenvalue weighted by Gasteiger charge is -2.33. The van der Waals surface area contributed by atoms with Crippen molar-refractivity contribution in [3.63, 3.8) is 0 Å². The van der Waals surface area contributed by atoms with E-state index in [9.17, 15) is 16.8 Å². The highest BCUT2D eigenvalue weighted by atomic mass is 79.9. The van der Waals surface area contributed by atoms with Crippen molar-refractivity contribution in [1.29, 1.82) is 0 Å². The number of para-hydroxylation sites is 1. The summed E-state index contributed by atoms with van der Waals surface area (Å²) >= 11 is 10.0. The summed E-state index contributed by atoms with van der Waals surface area (Å²) in [6.45, 7) is 6.48. The van der Waals surface area contributed by atoms with E-state index in [4.69, 9.17) is 14.7 Å². The summed E-state index contributed by atoms with van der Waals surface area (Å²) in [5.41, 5.74) is 7.77. The highest BCUT2D eigenvalue weighted by molar-refractivity contribution is 9.08. The molecule has 0 N–H and O–H groups in total. The minimum absolute atomic E-state index is 0.346. The zero-order valence-electron chi connectivity index (χ0n) is 34.0. The first-order chi connectivity index (χ1) is 29.5. The molecule has 17 heteroatoms. The number of anilines is 2. The fourth-order valence-electron chi connectivity index (χ4n) is 7.16. The minimum atomic E-state index is -3.48. The van der Waals surface area contributed by atoms with Crippen LogP contribution in [0.15, 0.2) is 118 Å². The number of alkyl halides is 2. The molecule has 322 valence electrons. The molecule has 0 atom stereocenters. The predicted octanol–water partition coefficient (Wildman–Crippen LogP) is 8.60. The number of nitrogens with zero attached hydrogens (tertiary/aromatic N) is 6. The number of benzene rings is 4. The molecule has 0 radical (unpaired) electrons. The monoisotopic (exact) mass is 1030 g/mol. The molecule has 0 aliphatic carbocycles. The Morgan fingerprint density at radius 3 is 1.52 bits per heavy atom. The number of hydrogen-bond acceptors (Lipinski definition) is 11. The largest absolute Gasteiger partial charge is 0.496 e. The Labute approximate surface area is 384 Å². The van der Waals surface area contributed by atoms with Gasteiger partial charge >= 0.3 is 0 Å². The van der Waals surface area contributed by atoms with Gasteiger partial charge in [-0.3, -0.25) is 0 Å². The Balaban J connectivity index is 0.000000184. The van der Waals surface area contributed by atoms with E-state index >= 15 is 0 Å². The number of aryl methyl sites for hydroxylation is 1. The second-order valence-electron chi connectivity index (χ2n) is 14.7. The Hall–Kier alpha value is -3.68. The summed E-state index contributed by atoms with van der Waals surface area (Å²) in [7, 11) is -5.26. The third kappa shape index (κ3) is 11.3. The van der Waals surface area contributed by atoms with Gasteiger partial charge in [-0.1, -0.05) is 104 Å². The molecule has 2 aromatic heterocycles. The number of rotatable bonds is 13. The van der Waals surface area contributed by atoms with Gasteiger partial charge < -0.3 is 14.5 Å². The molecule has 8 rings (SSSR count). The van der Waals surface area contributed by atoms with Crippen LogP contribution in [0.3, 0.4) is 0 Å². The maximum Gasteiger partial charge on any atom is 0.243 e. The van der Waals surface area contributed by atoms with Gasteiger partial charge in [0.05, 0.1) is 28.3 Å². The fourth-order valence-corrected chi connectivity index (χ4v) is 12.5. The van der Waals surface area contributed by atoms with Crippen molar-refractivity contribution in [2.45, 2.75) is 40.2 Å². The SMILES string of the molecule is COc1ccccc1Cc1csc(N2CCN(S(=O)(=O)c3ccc(CBr)cc3)CC2)n1.Cc1cccc(Cc2csc(N3CCN(S(=O)(=O)c4ccc(CBr)cc4)CC3)n2)c1. The van der Waals surface area contributed by atoms with Gasteiger partial charge in [-0.25, -0.2) is 26.8 Å². The van der Waals surface area contributed by atoms with Crippen LogP contribution in [0.2, 0.25) is 0 Å². The van der Waals surface area contributed by atoms with Gasteiger partial charge in [-0.05, 0) is 53.9 Å². The van der Waals surface area contributed by atoms with E-state index in [0.717, 1.165) is 50.5 Å². The molecule has 2 aliphatic heterocycles. The number of aromatic nitrogens is 2. The van der Waals surface area contributed by atoms with Crippen molar-refractivity contribution in [3.8, 4) is 5.75 Å². The van der Waals surface area contributed by atoms with Crippen LogP contribution in [0.1, 0.15) is 39.2 Å². The summed E-state index contributed by atoms with van der Waals surface area (Å²) in [4.78, 5) is 14.6. The Morgan fingerprint density at radius 1 is 0.590 bits per heavy atom. The molecule has 6 aromatic rings. The van der Waals surface area contributed by atoms with Gasteiger partial charge in [0, 0.05) is 92.2 Å². The number of thiazole rings is 2. The molecule has 4 heterocycles. The second-order valence-corrected chi connectivity index (χ2v) is 21.4. The summed E-state index contributed by atoms with van der Waals surface area (Å²) in [5.74, 6) is 0.861. The van der Waals surface area contributed by atoms with Crippen LogP contribution in [0, 0.1) is 6.92 Å². The van der Waals surface area contributed by atoms with E-state index in [0.29, 0.717) is 79.2 Å². The molecule has 2 fully saturated rings. The van der Waals surface area contributed by atoms with E-state index in [1.54, 1.807) is 62.7 Å². The van der Waals surface area contributed by atoms with Crippen LogP contribution in [-0.4, -0.2) is 94.9 Å². The first-order valence-electron chi connectivity index (χ1n) is 19.8. The number of sulfonamides is 2. The molecular weight excluding hydrogens is 981 g/mol. The van der Waals surface area contributed by atoms with Gasteiger partial charge in [-0.15, -0.1) is 22.7 Å². The number of ether oxygens (including phenoxy) is 1. The van der Waals surface area contributed by atoms with Crippen molar-refractivity contribution >= 4 is 84.8 Å². The number of piperazine rings is 2. The summed E-state index contributed by atoms with van der Waals surface area (Å²) in [6, 6.07) is 30.6. The van der Waals surface area contributed by atoms with Crippen LogP contribution in [-0.2, 0) is 43.5 Å². The summed E-state index contributed by atoms with van der Waals surface area (Å²) in [5, 5.41) is 7.49. The highest BCUT2D eigenvalue weighted by Crippen LogP contribution is 2.29. The normalized spacial score (nSPS) is 15.3. The number of hydrogen-bond donors (Lipinski definition) is 0. The van der Waals surface area contributed by atoms with Crippen molar-refractivity contribution < 1.29 is 21.6 Å². The highest BCUT2D eigenvalue weighted by Gasteiger charge is 2.31. The lowest BCUT2D eigenvalue weighted by Crippen LogP contribution is -2.48. The molecule has 0 saturated carbocycles. The van der Waals surface area contributed by atoms with Crippen molar-refractivity contribution in [1.82, 2.24) is 18.6 Å². The Kier molecular flexibility index (Phi) is 15.4. The topological polar surface area (TPSA) is 116 Å².